The van der Waals surface area contributed by atoms with Gasteiger partial charge < -0.3 is 14.2 Å². The minimum atomic E-state index is -3.15. The van der Waals surface area contributed by atoms with Crippen LogP contribution in [0.4, 0.5) is 0 Å². The van der Waals surface area contributed by atoms with E-state index in [0.717, 1.165) is 12.8 Å². The third-order valence-electron chi connectivity index (χ3n) is 6.24. The predicted molar refractivity (Wildman–Crippen MR) is 121 cm³/mol. The first-order valence-corrected chi connectivity index (χ1v) is 14.1. The Labute approximate surface area is 184 Å². The van der Waals surface area contributed by atoms with E-state index in [2.05, 4.69) is 6.92 Å². The Morgan fingerprint density at radius 2 is 1.47 bits per heavy atom. The summed E-state index contributed by atoms with van der Waals surface area (Å²) in [7, 11) is -3.15. The number of rotatable bonds is 16. The molecule has 0 radical (unpaired) electrons. The summed E-state index contributed by atoms with van der Waals surface area (Å²) in [5, 5.41) is 0. The number of carbonyl (C=O) groups is 1. The fourth-order valence-electron chi connectivity index (χ4n) is 4.37. The Kier molecular flexibility index (Phi) is 12.3. The highest BCUT2D eigenvalue weighted by atomic mass is 31.2. The maximum Gasteiger partial charge on any atom is 0.338 e. The normalized spacial score (nSPS) is 23.8. The molecule has 174 valence electrons. The van der Waals surface area contributed by atoms with Gasteiger partial charge in [0, 0.05) is 5.92 Å². The number of allylic oxidation sites excluding steroid dienone is 1. The molecule has 1 fully saturated rings. The molecule has 2 atom stereocenters. The summed E-state index contributed by atoms with van der Waals surface area (Å²) in [5.74, 6) is 0.0835. The van der Waals surface area contributed by atoms with Crippen molar-refractivity contribution in [2.45, 2.75) is 110 Å². The fourth-order valence-corrected chi connectivity index (χ4v) is 6.20. The highest BCUT2D eigenvalue weighted by Crippen LogP contribution is 2.58. The smallest absolute Gasteiger partial charge is 0.338 e. The number of ether oxygens (including phenoxy) is 1. The van der Waals surface area contributed by atoms with Crippen LogP contribution in [0.3, 0.4) is 0 Å². The zero-order valence-corrected chi connectivity index (χ0v) is 20.2. The van der Waals surface area contributed by atoms with Gasteiger partial charge in [-0.15, -0.1) is 0 Å². The third-order valence-corrected chi connectivity index (χ3v) is 8.17. The van der Waals surface area contributed by atoms with Gasteiger partial charge in [-0.25, -0.2) is 9.32 Å². The van der Waals surface area contributed by atoms with Crippen molar-refractivity contribution in [2.75, 3.05) is 19.4 Å². The summed E-state index contributed by atoms with van der Waals surface area (Å²) in [6, 6.07) is 0. The second kappa shape index (κ2) is 14.4. The first kappa shape index (κ1) is 25.6. The van der Waals surface area contributed by atoms with E-state index in [1.165, 1.54) is 77.0 Å². The second-order valence-electron chi connectivity index (χ2n) is 8.91. The quantitative estimate of drug-likeness (QED) is 0.156. The topological polar surface area (TPSA) is 67.8 Å². The average Bonchev–Trinajstić information content (AvgIpc) is 3.04. The van der Waals surface area contributed by atoms with Gasteiger partial charge in [-0.05, 0) is 19.8 Å². The molecule has 2 rings (SSSR count). The van der Waals surface area contributed by atoms with E-state index in [9.17, 15) is 9.69 Å². The van der Waals surface area contributed by atoms with Crippen LogP contribution in [0.5, 0.6) is 0 Å². The van der Waals surface area contributed by atoms with E-state index in [1.54, 1.807) is 6.92 Å². The Morgan fingerprint density at radius 1 is 0.933 bits per heavy atom. The van der Waals surface area contributed by atoms with Crippen LogP contribution in [0.2, 0.25) is 0 Å². The predicted octanol–water partition coefficient (Wildman–Crippen LogP) is 6.47. The van der Waals surface area contributed by atoms with Crippen LogP contribution in [0, 0.1) is 5.92 Å². The number of esters is 1. The standard InChI is InChI=1S/C24H43O5P/c1-3-4-5-6-7-8-9-10-11-12-13-14-15-16-18-28-30(26)19-17-22-20-27-24(25)23(22)21(2)29-30/h22H,3-20H2,1-2H3/t22-,30?/m0/s1. The molecule has 2 aliphatic heterocycles. The van der Waals surface area contributed by atoms with E-state index in [4.69, 9.17) is 13.8 Å². The number of carbonyl (C=O) groups excluding carboxylic acids is 1. The second-order valence-corrected chi connectivity index (χ2v) is 11.0. The molecule has 6 heteroatoms. The van der Waals surface area contributed by atoms with Crippen LogP contribution >= 0.6 is 7.94 Å². The molecule has 0 amide bonds. The molecule has 2 aliphatic rings. The maximum absolute atomic E-state index is 12.9. The first-order valence-electron chi connectivity index (χ1n) is 12.4. The molecule has 0 aliphatic carbocycles. The molecular weight excluding hydrogens is 399 g/mol. The van der Waals surface area contributed by atoms with Crippen LogP contribution in [0.25, 0.3) is 0 Å². The third kappa shape index (κ3) is 9.24. The summed E-state index contributed by atoms with van der Waals surface area (Å²) in [6.07, 6.45) is 19.3. The highest BCUT2D eigenvalue weighted by molar-refractivity contribution is 7.59. The van der Waals surface area contributed by atoms with Crippen molar-refractivity contribution in [1.29, 1.82) is 0 Å². The van der Waals surface area contributed by atoms with Gasteiger partial charge in [0.25, 0.3) is 7.94 Å². The number of cyclic esters (lactones) is 1. The Morgan fingerprint density at radius 3 is 2.03 bits per heavy atom. The molecule has 0 saturated carbocycles. The van der Waals surface area contributed by atoms with E-state index >= 15 is 0 Å². The van der Waals surface area contributed by atoms with Crippen molar-refractivity contribution in [3.05, 3.63) is 11.3 Å². The molecule has 0 aromatic rings. The molecule has 5 nitrogen and oxygen atoms in total. The Bertz CT molecular complexity index is 536. The number of unbranched alkanes of at least 4 members (excludes halogenated alkanes) is 13. The molecule has 30 heavy (non-hydrogen) atoms. The summed E-state index contributed by atoms with van der Waals surface area (Å²) < 4.78 is 16.4. The zero-order valence-electron chi connectivity index (χ0n) is 19.3. The lowest BCUT2D eigenvalue weighted by Gasteiger charge is -2.26. The zero-order chi connectivity index (χ0) is 21.7. The lowest BCUT2D eigenvalue weighted by Crippen LogP contribution is -2.19. The molecule has 0 aromatic heterocycles. The number of hydrogen-bond acceptors (Lipinski definition) is 5. The van der Waals surface area contributed by atoms with Crippen molar-refractivity contribution < 1.29 is 23.5 Å². The van der Waals surface area contributed by atoms with Gasteiger partial charge >= 0.3 is 5.97 Å². The maximum atomic E-state index is 12.9. The first-order chi connectivity index (χ1) is 14.6. The minimum Gasteiger partial charge on any atom is -0.624 e. The van der Waals surface area contributed by atoms with E-state index in [-0.39, 0.29) is 11.9 Å². The molecule has 0 bridgehead atoms. The fraction of sp³-hybridized carbons (Fsp3) is 0.875. The summed E-state index contributed by atoms with van der Waals surface area (Å²) >= 11 is 0. The highest BCUT2D eigenvalue weighted by Gasteiger charge is 2.43. The largest absolute Gasteiger partial charge is 0.624 e. The van der Waals surface area contributed by atoms with Crippen molar-refractivity contribution in [2.24, 2.45) is 5.92 Å². The van der Waals surface area contributed by atoms with E-state index in [1.807, 2.05) is 0 Å². The lowest BCUT2D eigenvalue weighted by atomic mass is 9.99. The van der Waals surface area contributed by atoms with Gasteiger partial charge in [-0.2, -0.15) is 0 Å². The summed E-state index contributed by atoms with van der Waals surface area (Å²) in [6.45, 7) is 4.80. The Hall–Kier alpha value is -0.640. The van der Waals surface area contributed by atoms with Gasteiger partial charge in [0.05, 0.1) is 18.8 Å². The molecule has 0 aromatic carbocycles. The molecule has 0 N–H and O–H groups in total. The molecular formula is C24H43O5P. The minimum absolute atomic E-state index is 0.00187. The summed E-state index contributed by atoms with van der Waals surface area (Å²) in [4.78, 5) is 24.7. The van der Waals surface area contributed by atoms with Crippen molar-refractivity contribution in [3.63, 3.8) is 0 Å². The number of hydrogen-bond donors (Lipinski definition) is 0. The van der Waals surface area contributed by atoms with E-state index in [0.29, 0.717) is 37.1 Å². The van der Waals surface area contributed by atoms with Gasteiger partial charge in [0.1, 0.15) is 6.16 Å². The van der Waals surface area contributed by atoms with Crippen LogP contribution in [-0.4, -0.2) is 25.3 Å². The molecule has 2 heterocycles. The molecule has 1 unspecified atom stereocenters. The van der Waals surface area contributed by atoms with Crippen LogP contribution in [-0.2, 0) is 18.6 Å². The number of fused-ring (bicyclic) bond motifs is 1. The van der Waals surface area contributed by atoms with Crippen molar-refractivity contribution >= 4 is 13.9 Å². The SMILES string of the molecule is CCCCCCCCCCCCCCCCO[P+]1([O-])CC[C@H]2COC(=O)C2=C(C)O1. The van der Waals surface area contributed by atoms with Gasteiger partial charge in [-0.1, -0.05) is 90.4 Å². The van der Waals surface area contributed by atoms with Crippen molar-refractivity contribution in [3.8, 4) is 0 Å². The monoisotopic (exact) mass is 442 g/mol. The molecule has 0 spiro atoms. The van der Waals surface area contributed by atoms with Crippen LogP contribution in [0.1, 0.15) is 110 Å². The lowest BCUT2D eigenvalue weighted by molar-refractivity contribution is -0.215. The van der Waals surface area contributed by atoms with E-state index < -0.39 is 7.94 Å². The van der Waals surface area contributed by atoms with Crippen molar-refractivity contribution in [1.82, 2.24) is 0 Å². The van der Waals surface area contributed by atoms with Gasteiger partial charge in [0.15, 0.2) is 5.76 Å². The van der Waals surface area contributed by atoms with Crippen LogP contribution < -0.4 is 4.89 Å². The summed E-state index contributed by atoms with van der Waals surface area (Å²) in [5.41, 5.74) is 0.549. The van der Waals surface area contributed by atoms with Gasteiger partial charge in [-0.3, -0.25) is 0 Å². The Balaban J connectivity index is 1.44. The molecule has 1 saturated heterocycles. The van der Waals surface area contributed by atoms with Gasteiger partial charge in [0.2, 0.25) is 0 Å². The van der Waals surface area contributed by atoms with Crippen LogP contribution in [0.15, 0.2) is 11.3 Å². The average molecular weight is 443 g/mol.